The zero-order valence-corrected chi connectivity index (χ0v) is 12.9. The van der Waals surface area contributed by atoms with Gasteiger partial charge in [0.25, 0.3) is 5.69 Å². The summed E-state index contributed by atoms with van der Waals surface area (Å²) in [5.74, 6) is -0.419. The second-order valence-electron chi connectivity index (χ2n) is 4.51. The molecule has 0 aliphatic rings. The lowest BCUT2D eigenvalue weighted by molar-refractivity contribution is -0.384. The van der Waals surface area contributed by atoms with E-state index in [1.165, 1.54) is 17.0 Å². The van der Waals surface area contributed by atoms with Crippen LogP contribution in [0.1, 0.15) is 5.56 Å². The Balaban J connectivity index is 2.25. The van der Waals surface area contributed by atoms with E-state index in [4.69, 9.17) is 23.2 Å². The fourth-order valence-corrected chi connectivity index (χ4v) is 2.19. The average Bonchev–Trinajstić information content (AvgIpc) is 2.53. The first kappa shape index (κ1) is 16.3. The van der Waals surface area contributed by atoms with Crippen molar-refractivity contribution in [3.05, 3.63) is 69.2 Å². The summed E-state index contributed by atoms with van der Waals surface area (Å²) in [7, 11) is 0. The molecule has 2 aromatic carbocycles. The van der Waals surface area contributed by atoms with Crippen LogP contribution in [0, 0.1) is 10.1 Å². The van der Waals surface area contributed by atoms with Crippen molar-refractivity contribution in [1.29, 1.82) is 0 Å². The van der Waals surface area contributed by atoms with Crippen LogP contribution in [-0.4, -0.2) is 16.7 Å². The first-order valence-electron chi connectivity index (χ1n) is 6.36. The van der Waals surface area contributed by atoms with Gasteiger partial charge in [0.2, 0.25) is 5.91 Å². The number of nitrogens with zero attached hydrogens (tertiary/aromatic N) is 2. The van der Waals surface area contributed by atoms with Crippen molar-refractivity contribution in [2.45, 2.75) is 6.54 Å². The number of rotatable bonds is 5. The van der Waals surface area contributed by atoms with Gasteiger partial charge >= 0.3 is 0 Å². The molecule has 1 amide bonds. The van der Waals surface area contributed by atoms with Crippen LogP contribution in [0.3, 0.4) is 0 Å². The third kappa shape index (κ3) is 3.96. The standard InChI is InChI=1S/C15H12Cl2N2O3/c16-9-15(20)18(13-7-3-12(17)4-8-13)10-11-1-5-14(6-2-11)19(21)22/h1-8H,9-10H2. The van der Waals surface area contributed by atoms with Gasteiger partial charge in [-0.05, 0) is 29.8 Å². The molecule has 0 heterocycles. The minimum atomic E-state index is -0.468. The molecule has 2 rings (SSSR count). The SMILES string of the molecule is O=C(CCl)N(Cc1ccc([N+](=O)[O-])cc1)c1ccc(Cl)cc1. The number of carbonyl (C=O) groups is 1. The van der Waals surface area contributed by atoms with Gasteiger partial charge in [-0.15, -0.1) is 11.6 Å². The molecule has 0 fully saturated rings. The quantitative estimate of drug-likeness (QED) is 0.469. The lowest BCUT2D eigenvalue weighted by Crippen LogP contribution is -2.31. The fourth-order valence-electron chi connectivity index (χ4n) is 1.92. The number of carbonyl (C=O) groups excluding carboxylic acids is 1. The summed E-state index contributed by atoms with van der Waals surface area (Å²) in [5, 5.41) is 11.2. The lowest BCUT2D eigenvalue weighted by atomic mass is 10.1. The van der Waals surface area contributed by atoms with Crippen molar-refractivity contribution in [3.63, 3.8) is 0 Å². The summed E-state index contributed by atoms with van der Waals surface area (Å²) in [5.41, 5.74) is 1.43. The van der Waals surface area contributed by atoms with E-state index in [1.807, 2.05) is 0 Å². The predicted molar refractivity (Wildman–Crippen MR) is 86.5 cm³/mol. The number of benzene rings is 2. The average molecular weight is 339 g/mol. The van der Waals surface area contributed by atoms with Crippen LogP contribution in [-0.2, 0) is 11.3 Å². The Labute approximate surface area is 137 Å². The summed E-state index contributed by atoms with van der Waals surface area (Å²) in [6.07, 6.45) is 0. The third-order valence-electron chi connectivity index (χ3n) is 3.04. The van der Waals surface area contributed by atoms with Crippen LogP contribution in [0.15, 0.2) is 48.5 Å². The van der Waals surface area contributed by atoms with Gasteiger partial charge in [0.05, 0.1) is 11.5 Å². The maximum Gasteiger partial charge on any atom is 0.269 e. The molecule has 0 saturated carbocycles. The van der Waals surface area contributed by atoms with E-state index in [9.17, 15) is 14.9 Å². The van der Waals surface area contributed by atoms with Gasteiger partial charge in [0.1, 0.15) is 5.88 Å². The van der Waals surface area contributed by atoms with E-state index in [-0.39, 0.29) is 24.0 Å². The molecule has 7 heteroatoms. The number of anilines is 1. The Morgan fingerprint density at radius 3 is 2.18 bits per heavy atom. The molecule has 0 saturated heterocycles. The lowest BCUT2D eigenvalue weighted by Gasteiger charge is -2.22. The van der Waals surface area contributed by atoms with Crippen molar-refractivity contribution in [1.82, 2.24) is 0 Å². The molecule has 114 valence electrons. The van der Waals surface area contributed by atoms with Crippen LogP contribution < -0.4 is 4.90 Å². The van der Waals surface area contributed by atoms with E-state index >= 15 is 0 Å². The summed E-state index contributed by atoms with van der Waals surface area (Å²) in [6, 6.07) is 12.8. The van der Waals surface area contributed by atoms with Gasteiger partial charge in [-0.3, -0.25) is 14.9 Å². The Hall–Kier alpha value is -2.11. The van der Waals surface area contributed by atoms with Crippen LogP contribution in [0.2, 0.25) is 5.02 Å². The van der Waals surface area contributed by atoms with Gasteiger partial charge < -0.3 is 4.90 Å². The fraction of sp³-hybridized carbons (Fsp3) is 0.133. The number of nitro groups is 1. The highest BCUT2D eigenvalue weighted by atomic mass is 35.5. The number of hydrogen-bond acceptors (Lipinski definition) is 3. The van der Waals surface area contributed by atoms with E-state index in [0.717, 1.165) is 5.56 Å². The van der Waals surface area contributed by atoms with Crippen LogP contribution in [0.25, 0.3) is 0 Å². The largest absolute Gasteiger partial charge is 0.307 e. The monoisotopic (exact) mass is 338 g/mol. The van der Waals surface area contributed by atoms with Gasteiger partial charge in [0, 0.05) is 22.8 Å². The smallest absolute Gasteiger partial charge is 0.269 e. The molecule has 0 radical (unpaired) electrons. The second-order valence-corrected chi connectivity index (χ2v) is 5.22. The maximum atomic E-state index is 12.0. The first-order chi connectivity index (χ1) is 10.5. The highest BCUT2D eigenvalue weighted by Gasteiger charge is 2.16. The molecule has 0 aromatic heterocycles. The summed E-state index contributed by atoms with van der Waals surface area (Å²) in [6.45, 7) is 0.269. The van der Waals surface area contributed by atoms with Crippen molar-refractivity contribution < 1.29 is 9.72 Å². The topological polar surface area (TPSA) is 63.5 Å². The molecule has 0 N–H and O–H groups in total. The van der Waals surface area contributed by atoms with Crippen LogP contribution >= 0.6 is 23.2 Å². The van der Waals surface area contributed by atoms with Crippen LogP contribution in [0.5, 0.6) is 0 Å². The van der Waals surface area contributed by atoms with E-state index in [2.05, 4.69) is 0 Å². The van der Waals surface area contributed by atoms with Crippen molar-refractivity contribution in [2.75, 3.05) is 10.8 Å². The molecule has 0 spiro atoms. The predicted octanol–water partition coefficient (Wildman–Crippen LogP) is 4.02. The maximum absolute atomic E-state index is 12.0. The summed E-state index contributed by atoms with van der Waals surface area (Å²) < 4.78 is 0. The molecule has 22 heavy (non-hydrogen) atoms. The normalized spacial score (nSPS) is 10.3. The molecule has 0 aliphatic heterocycles. The molecular weight excluding hydrogens is 327 g/mol. The molecule has 0 aliphatic carbocycles. The van der Waals surface area contributed by atoms with Gasteiger partial charge in [-0.2, -0.15) is 0 Å². The molecule has 5 nitrogen and oxygen atoms in total. The van der Waals surface area contributed by atoms with Gasteiger partial charge in [0.15, 0.2) is 0 Å². The molecule has 0 unspecified atom stereocenters. The van der Waals surface area contributed by atoms with Gasteiger partial charge in [-0.1, -0.05) is 23.7 Å². The number of non-ortho nitro benzene ring substituents is 1. The number of nitro benzene ring substituents is 1. The Morgan fingerprint density at radius 1 is 1.09 bits per heavy atom. The number of alkyl halides is 1. The molecule has 2 aromatic rings. The van der Waals surface area contributed by atoms with Gasteiger partial charge in [-0.25, -0.2) is 0 Å². The highest BCUT2D eigenvalue weighted by molar-refractivity contribution is 6.31. The Bertz CT molecular complexity index is 672. The first-order valence-corrected chi connectivity index (χ1v) is 7.27. The number of halogens is 2. The Morgan fingerprint density at radius 2 is 1.68 bits per heavy atom. The highest BCUT2D eigenvalue weighted by Crippen LogP contribution is 2.21. The Kier molecular flexibility index (Phi) is 5.35. The minimum absolute atomic E-state index is 0.00506. The zero-order valence-electron chi connectivity index (χ0n) is 11.4. The molecule has 0 atom stereocenters. The molecular formula is C15H12Cl2N2O3. The second kappa shape index (κ2) is 7.24. The zero-order chi connectivity index (χ0) is 16.1. The third-order valence-corrected chi connectivity index (χ3v) is 3.52. The van der Waals surface area contributed by atoms with Crippen molar-refractivity contribution in [3.8, 4) is 0 Å². The number of amides is 1. The minimum Gasteiger partial charge on any atom is -0.307 e. The van der Waals surface area contributed by atoms with Crippen molar-refractivity contribution >= 4 is 40.5 Å². The summed E-state index contributed by atoms with van der Waals surface area (Å²) in [4.78, 5) is 23.7. The number of hydrogen-bond donors (Lipinski definition) is 0. The van der Waals surface area contributed by atoms with Crippen LogP contribution in [0.4, 0.5) is 11.4 Å². The molecule has 0 bridgehead atoms. The summed E-state index contributed by atoms with van der Waals surface area (Å²) >= 11 is 11.5. The van der Waals surface area contributed by atoms with E-state index in [0.29, 0.717) is 10.7 Å². The van der Waals surface area contributed by atoms with E-state index < -0.39 is 4.92 Å². The van der Waals surface area contributed by atoms with E-state index in [1.54, 1.807) is 36.4 Å². The van der Waals surface area contributed by atoms with Crippen molar-refractivity contribution in [2.24, 2.45) is 0 Å².